The number of carbonyl (C=O) groups excluding carboxylic acids is 1. The molecular weight excluding hydrogens is 765 g/mol. The Morgan fingerprint density at radius 2 is 1.27 bits per heavy atom. The van der Waals surface area contributed by atoms with Gasteiger partial charge in [0.25, 0.3) is 8.32 Å². The molecule has 0 aliphatic heterocycles. The van der Waals surface area contributed by atoms with Crippen LogP contribution in [0, 0.1) is 11.8 Å². The third-order valence-electron chi connectivity index (χ3n) is 12.2. The molecule has 0 heterocycles. The van der Waals surface area contributed by atoms with Crippen LogP contribution in [0.25, 0.3) is 0 Å². The molecule has 0 radical (unpaired) electrons. The Morgan fingerprint density at radius 3 is 1.78 bits per heavy atom. The predicted molar refractivity (Wildman–Crippen MR) is 253 cm³/mol. The van der Waals surface area contributed by atoms with Gasteiger partial charge in [0.2, 0.25) is 0 Å². The minimum absolute atomic E-state index is 0.0423. The van der Waals surface area contributed by atoms with Crippen LogP contribution >= 0.6 is 0 Å². The Balaban J connectivity index is 1.51. The fourth-order valence-electron chi connectivity index (χ4n) is 7.25. The molecule has 6 nitrogen and oxygen atoms in total. The summed E-state index contributed by atoms with van der Waals surface area (Å²) in [7, 11) is -2.77. The molecule has 3 aromatic carbocycles. The molecule has 59 heavy (non-hydrogen) atoms. The van der Waals surface area contributed by atoms with E-state index in [0.29, 0.717) is 32.0 Å². The van der Waals surface area contributed by atoms with Crippen molar-refractivity contribution in [1.29, 1.82) is 0 Å². The maximum Gasteiger partial charge on any atom is 0.261 e. The third-order valence-corrected chi connectivity index (χ3v) is 21.9. The van der Waals surface area contributed by atoms with Crippen LogP contribution in [0.5, 0.6) is 5.75 Å². The number of methoxy groups -OCH3 is 1. The Hall–Kier alpha value is -3.12. The number of hydrogen-bond donors (Lipinski definition) is 1. The van der Waals surface area contributed by atoms with Gasteiger partial charge in [0.1, 0.15) is 11.5 Å². The second-order valence-electron chi connectivity index (χ2n) is 19.2. The third kappa shape index (κ3) is 15.7. The van der Waals surface area contributed by atoms with E-state index in [4.69, 9.17) is 18.3 Å². The minimum atomic E-state index is -2.58. The topological polar surface area (TPSA) is 74.2 Å². The molecule has 1 N–H and O–H groups in total. The number of rotatable bonds is 25. The standard InChI is InChI=1S/C51H78O6Si2/c1-40(38-56-58(11,12)50(4,5)6)31-36-49(55-39-43-32-34-45(54-10)35-33-43)42(3)48(53)37-44(52)26-20-16-14-13-15-19-25-41(2)57-59(51(7,8)9,46-27-21-17-22-28-46)47-29-23-18-24-30-47/h13-18,21-24,27-30,32-35,40-42,44,49,52H,19-20,25-26,31,36-39H2,1-12H3/b15-13-,16-14+/t40-,41+,42-,44+,49+/m1/s1. The summed E-state index contributed by atoms with van der Waals surface area (Å²) in [5.74, 6) is 0.848. The van der Waals surface area contributed by atoms with Gasteiger partial charge < -0.3 is 23.4 Å². The lowest BCUT2D eigenvalue weighted by Gasteiger charge is -2.44. The number of ketones is 1. The van der Waals surface area contributed by atoms with E-state index in [1.54, 1.807) is 7.11 Å². The average Bonchev–Trinajstić information content (AvgIpc) is 3.19. The second kappa shape index (κ2) is 23.8. The number of hydrogen-bond acceptors (Lipinski definition) is 6. The van der Waals surface area contributed by atoms with E-state index in [1.807, 2.05) is 37.3 Å². The quantitative estimate of drug-likeness (QED) is 0.0676. The van der Waals surface area contributed by atoms with Crippen molar-refractivity contribution in [3.8, 4) is 5.75 Å². The van der Waals surface area contributed by atoms with E-state index in [-0.39, 0.29) is 40.4 Å². The van der Waals surface area contributed by atoms with E-state index in [0.717, 1.165) is 37.0 Å². The summed E-state index contributed by atoms with van der Waals surface area (Å²) in [5.41, 5.74) is 1.03. The first-order valence-electron chi connectivity index (χ1n) is 22.0. The molecule has 0 saturated carbocycles. The van der Waals surface area contributed by atoms with Gasteiger partial charge in [-0.1, -0.05) is 152 Å². The summed E-state index contributed by atoms with van der Waals surface area (Å²) < 4.78 is 25.5. The summed E-state index contributed by atoms with van der Waals surface area (Å²) in [6.07, 6.45) is 12.4. The molecule has 0 spiro atoms. The number of aliphatic hydroxyl groups is 1. The molecule has 326 valence electrons. The van der Waals surface area contributed by atoms with E-state index in [9.17, 15) is 9.90 Å². The highest BCUT2D eigenvalue weighted by Crippen LogP contribution is 2.38. The summed E-state index contributed by atoms with van der Waals surface area (Å²) in [4.78, 5) is 13.6. The second-order valence-corrected chi connectivity index (χ2v) is 28.2. The molecule has 0 aromatic heterocycles. The van der Waals surface area contributed by atoms with E-state index < -0.39 is 22.7 Å². The van der Waals surface area contributed by atoms with Crippen molar-refractivity contribution in [2.75, 3.05) is 13.7 Å². The SMILES string of the molecule is COc1ccc(CO[C@@H](CC[C@@H](C)CO[Si](C)(C)C(C)(C)C)[C@H](C)C(=O)C[C@@H](O)CC/C=C/C=C\CC[C@H](C)O[Si](c2ccccc2)(c2ccccc2)C(C)(C)C)cc1. The first-order valence-corrected chi connectivity index (χ1v) is 26.8. The average molecular weight is 843 g/mol. The van der Waals surface area contributed by atoms with Gasteiger partial charge in [-0.3, -0.25) is 4.79 Å². The highest BCUT2D eigenvalue weighted by Gasteiger charge is 2.51. The Labute approximate surface area is 361 Å². The molecule has 5 atom stereocenters. The lowest BCUT2D eigenvalue weighted by Crippen LogP contribution is -2.67. The van der Waals surface area contributed by atoms with Crippen molar-refractivity contribution in [3.63, 3.8) is 0 Å². The summed E-state index contributed by atoms with van der Waals surface area (Å²) in [6, 6.07) is 29.5. The number of allylic oxidation sites excluding steroid dienone is 4. The molecule has 3 rings (SSSR count). The summed E-state index contributed by atoms with van der Waals surface area (Å²) >= 11 is 0. The van der Waals surface area contributed by atoms with Gasteiger partial charge in [0.15, 0.2) is 8.32 Å². The van der Waals surface area contributed by atoms with Gasteiger partial charge in [0, 0.05) is 25.0 Å². The number of aliphatic hydroxyl groups excluding tert-OH is 1. The molecule has 8 heteroatoms. The molecular formula is C51H78O6Si2. The molecule has 0 amide bonds. The van der Waals surface area contributed by atoms with Crippen LogP contribution in [0.15, 0.2) is 109 Å². The fourth-order valence-corrected chi connectivity index (χ4v) is 13.1. The van der Waals surface area contributed by atoms with Crippen molar-refractivity contribution in [2.45, 2.75) is 155 Å². The zero-order valence-electron chi connectivity index (χ0n) is 38.6. The number of ether oxygens (including phenoxy) is 2. The van der Waals surface area contributed by atoms with Crippen LogP contribution in [0.4, 0.5) is 0 Å². The largest absolute Gasteiger partial charge is 0.497 e. The molecule has 0 bridgehead atoms. The van der Waals surface area contributed by atoms with Crippen molar-refractivity contribution in [2.24, 2.45) is 11.8 Å². The first kappa shape index (κ1) is 50.2. The highest BCUT2D eigenvalue weighted by atomic mass is 28.4. The van der Waals surface area contributed by atoms with Crippen molar-refractivity contribution >= 4 is 32.8 Å². The molecule has 0 aliphatic rings. The van der Waals surface area contributed by atoms with Crippen molar-refractivity contribution in [1.82, 2.24) is 0 Å². The predicted octanol–water partition coefficient (Wildman–Crippen LogP) is 11.6. The maximum atomic E-state index is 13.6. The minimum Gasteiger partial charge on any atom is -0.497 e. The van der Waals surface area contributed by atoms with Gasteiger partial charge in [-0.05, 0) is 103 Å². The number of carbonyl (C=O) groups is 1. The van der Waals surface area contributed by atoms with E-state index in [1.165, 1.54) is 10.4 Å². The monoisotopic (exact) mass is 843 g/mol. The summed E-state index contributed by atoms with van der Waals surface area (Å²) in [5, 5.41) is 13.6. The lowest BCUT2D eigenvalue weighted by molar-refractivity contribution is -0.130. The van der Waals surface area contributed by atoms with Gasteiger partial charge in [-0.25, -0.2) is 0 Å². The Kier molecular flexibility index (Phi) is 20.2. The Bertz CT molecular complexity index is 1650. The zero-order chi connectivity index (χ0) is 43.7. The number of Topliss-reactive ketones (excluding diaryl/α,β-unsaturated/α-hetero) is 1. The normalized spacial score (nSPS) is 15.6. The van der Waals surface area contributed by atoms with E-state index >= 15 is 0 Å². The van der Waals surface area contributed by atoms with Crippen LogP contribution in [-0.4, -0.2) is 59.6 Å². The first-order chi connectivity index (χ1) is 27.8. The zero-order valence-corrected chi connectivity index (χ0v) is 40.6. The molecule has 3 aromatic rings. The molecule has 0 aliphatic carbocycles. The van der Waals surface area contributed by atoms with Crippen LogP contribution < -0.4 is 15.1 Å². The Morgan fingerprint density at radius 1 is 0.729 bits per heavy atom. The van der Waals surface area contributed by atoms with Crippen LogP contribution in [0.1, 0.15) is 113 Å². The van der Waals surface area contributed by atoms with Crippen molar-refractivity contribution in [3.05, 3.63) is 115 Å². The van der Waals surface area contributed by atoms with Crippen LogP contribution in [-0.2, 0) is 25.0 Å². The molecule has 0 saturated heterocycles. The number of benzene rings is 3. The summed E-state index contributed by atoms with van der Waals surface area (Å²) in [6.45, 7) is 25.8. The van der Waals surface area contributed by atoms with Gasteiger partial charge in [-0.15, -0.1) is 0 Å². The lowest BCUT2D eigenvalue weighted by atomic mass is 9.90. The molecule has 0 unspecified atom stereocenters. The van der Waals surface area contributed by atoms with Crippen molar-refractivity contribution < 1.29 is 28.2 Å². The van der Waals surface area contributed by atoms with Crippen LogP contribution in [0.3, 0.4) is 0 Å². The van der Waals surface area contributed by atoms with Gasteiger partial charge in [0.05, 0.1) is 25.9 Å². The fraction of sp³-hybridized carbons (Fsp3) is 0.549. The smallest absolute Gasteiger partial charge is 0.261 e. The van der Waals surface area contributed by atoms with Gasteiger partial charge >= 0.3 is 0 Å². The van der Waals surface area contributed by atoms with Gasteiger partial charge in [-0.2, -0.15) is 0 Å². The highest BCUT2D eigenvalue weighted by molar-refractivity contribution is 6.99. The molecule has 0 fully saturated rings. The van der Waals surface area contributed by atoms with E-state index in [2.05, 4.69) is 147 Å². The maximum absolute atomic E-state index is 13.6. The van der Waals surface area contributed by atoms with Crippen LogP contribution in [0.2, 0.25) is 23.2 Å².